The second-order valence-corrected chi connectivity index (χ2v) is 8.64. The summed E-state index contributed by atoms with van der Waals surface area (Å²) in [6.07, 6.45) is 2.29. The molecule has 158 valence electrons. The minimum atomic E-state index is -0.695. The van der Waals surface area contributed by atoms with E-state index in [0.717, 1.165) is 39.9 Å². The van der Waals surface area contributed by atoms with Crippen LogP contribution in [0, 0.1) is 13.8 Å². The van der Waals surface area contributed by atoms with E-state index in [4.69, 9.17) is 0 Å². The first-order chi connectivity index (χ1) is 14.9. The van der Waals surface area contributed by atoms with Crippen LogP contribution in [0.15, 0.2) is 59.0 Å². The number of nitrogens with zero attached hydrogens (tertiary/aromatic N) is 2. The Morgan fingerprint density at radius 2 is 1.90 bits per heavy atom. The lowest BCUT2D eigenvalue weighted by Gasteiger charge is -2.18. The summed E-state index contributed by atoms with van der Waals surface area (Å²) in [4.78, 5) is 31.6. The number of fused-ring (bicyclic) bond motifs is 1. The molecule has 2 heterocycles. The summed E-state index contributed by atoms with van der Waals surface area (Å²) in [5.41, 5.74) is 5.67. The van der Waals surface area contributed by atoms with Gasteiger partial charge < -0.3 is 5.32 Å². The molecule has 0 aliphatic heterocycles. The molecule has 1 atom stereocenters. The van der Waals surface area contributed by atoms with Gasteiger partial charge in [-0.3, -0.25) is 14.2 Å². The van der Waals surface area contributed by atoms with E-state index in [0.29, 0.717) is 10.2 Å². The highest BCUT2D eigenvalue weighted by atomic mass is 32.1. The van der Waals surface area contributed by atoms with Gasteiger partial charge in [0, 0.05) is 16.6 Å². The predicted octanol–water partition coefficient (Wildman–Crippen LogP) is 5.50. The lowest BCUT2D eigenvalue weighted by atomic mass is 10.0. The maximum atomic E-state index is 13.4. The topological polar surface area (TPSA) is 64.0 Å². The summed E-state index contributed by atoms with van der Waals surface area (Å²) in [5.74, 6) is -0.237. The molecule has 1 N–H and O–H groups in total. The molecule has 0 saturated carbocycles. The molecule has 0 saturated heterocycles. The van der Waals surface area contributed by atoms with Crippen LogP contribution in [-0.4, -0.2) is 15.5 Å². The minimum absolute atomic E-state index is 0.204. The van der Waals surface area contributed by atoms with Crippen LogP contribution in [0.2, 0.25) is 0 Å². The number of benzene rings is 2. The van der Waals surface area contributed by atoms with Crippen LogP contribution in [0.1, 0.15) is 36.6 Å². The molecule has 0 fully saturated rings. The predicted molar refractivity (Wildman–Crippen MR) is 128 cm³/mol. The Bertz CT molecular complexity index is 1320. The first-order valence-corrected chi connectivity index (χ1v) is 11.2. The van der Waals surface area contributed by atoms with Crippen molar-refractivity contribution in [2.45, 2.75) is 40.2 Å². The fourth-order valence-corrected chi connectivity index (χ4v) is 4.63. The molecule has 4 rings (SSSR count). The normalized spacial score (nSPS) is 12.1. The summed E-state index contributed by atoms with van der Waals surface area (Å²) in [5, 5.41) is 5.54. The molecule has 2 aromatic heterocycles. The number of amides is 1. The van der Waals surface area contributed by atoms with Crippen molar-refractivity contribution in [1.82, 2.24) is 9.55 Å². The number of aryl methyl sites for hydroxylation is 3. The number of aromatic nitrogens is 2. The third-order valence-corrected chi connectivity index (χ3v) is 6.55. The van der Waals surface area contributed by atoms with Crippen LogP contribution in [0.25, 0.3) is 21.3 Å². The molecule has 1 amide bonds. The SMILES string of the molecule is CCc1cccc(C)c1NC(=O)C(C)n1cnc2scc(-c3ccc(C)cc3)c2c1=O. The number of hydrogen-bond acceptors (Lipinski definition) is 4. The molecule has 31 heavy (non-hydrogen) atoms. The third kappa shape index (κ3) is 3.91. The van der Waals surface area contributed by atoms with Gasteiger partial charge in [0.1, 0.15) is 10.9 Å². The van der Waals surface area contributed by atoms with Crippen molar-refractivity contribution in [2.75, 3.05) is 5.32 Å². The second-order valence-electron chi connectivity index (χ2n) is 7.78. The zero-order valence-electron chi connectivity index (χ0n) is 18.1. The molecule has 0 aliphatic carbocycles. The van der Waals surface area contributed by atoms with E-state index in [-0.39, 0.29) is 11.5 Å². The van der Waals surface area contributed by atoms with E-state index in [1.165, 1.54) is 22.2 Å². The number of carbonyl (C=O) groups excluding carboxylic acids is 1. The number of anilines is 1. The van der Waals surface area contributed by atoms with Crippen molar-refractivity contribution in [2.24, 2.45) is 0 Å². The van der Waals surface area contributed by atoms with Gasteiger partial charge in [-0.2, -0.15) is 0 Å². The van der Waals surface area contributed by atoms with Crippen molar-refractivity contribution in [3.8, 4) is 11.1 Å². The maximum absolute atomic E-state index is 13.4. The van der Waals surface area contributed by atoms with E-state index in [1.54, 1.807) is 6.92 Å². The van der Waals surface area contributed by atoms with Crippen molar-refractivity contribution < 1.29 is 4.79 Å². The zero-order chi connectivity index (χ0) is 22.1. The molecular formula is C25H25N3O2S. The van der Waals surface area contributed by atoms with Gasteiger partial charge in [0.25, 0.3) is 5.56 Å². The van der Waals surface area contributed by atoms with Gasteiger partial charge in [-0.1, -0.05) is 55.0 Å². The monoisotopic (exact) mass is 431 g/mol. The molecule has 0 aliphatic rings. The number of thiophene rings is 1. The van der Waals surface area contributed by atoms with Crippen LogP contribution in [0.5, 0.6) is 0 Å². The number of hydrogen-bond donors (Lipinski definition) is 1. The maximum Gasteiger partial charge on any atom is 0.263 e. The smallest absolute Gasteiger partial charge is 0.263 e. The molecule has 5 nitrogen and oxygen atoms in total. The first kappa shape index (κ1) is 21.0. The van der Waals surface area contributed by atoms with Crippen LogP contribution in [-0.2, 0) is 11.2 Å². The van der Waals surface area contributed by atoms with Gasteiger partial charge in [0.2, 0.25) is 5.91 Å². The van der Waals surface area contributed by atoms with Crippen molar-refractivity contribution in [3.05, 3.63) is 81.2 Å². The summed E-state index contributed by atoms with van der Waals surface area (Å²) < 4.78 is 1.42. The number of para-hydroxylation sites is 1. The van der Waals surface area contributed by atoms with E-state index in [2.05, 4.69) is 17.2 Å². The van der Waals surface area contributed by atoms with E-state index in [9.17, 15) is 9.59 Å². The van der Waals surface area contributed by atoms with Crippen LogP contribution in [0.4, 0.5) is 5.69 Å². The average Bonchev–Trinajstić information content (AvgIpc) is 3.20. The summed E-state index contributed by atoms with van der Waals surface area (Å²) in [6, 6.07) is 13.3. The largest absolute Gasteiger partial charge is 0.324 e. The highest BCUT2D eigenvalue weighted by Crippen LogP contribution is 2.31. The molecular weight excluding hydrogens is 406 g/mol. The standard InChI is InChI=1S/C25H25N3O2S/c1-5-18-8-6-7-16(3)22(18)27-23(29)17(4)28-14-26-24-21(25(28)30)20(13-31-24)19-11-9-15(2)10-12-19/h6-14,17H,5H2,1-4H3,(H,27,29). The summed E-state index contributed by atoms with van der Waals surface area (Å²) >= 11 is 1.44. The Hall–Kier alpha value is -3.25. The Kier molecular flexibility index (Phi) is 5.74. The molecule has 0 radical (unpaired) electrons. The summed E-state index contributed by atoms with van der Waals surface area (Å²) in [6.45, 7) is 7.78. The van der Waals surface area contributed by atoms with Gasteiger partial charge in [-0.05, 0) is 43.9 Å². The van der Waals surface area contributed by atoms with Gasteiger partial charge in [0.05, 0.1) is 11.7 Å². The molecule has 1 unspecified atom stereocenters. The van der Waals surface area contributed by atoms with Crippen LogP contribution >= 0.6 is 11.3 Å². The first-order valence-electron chi connectivity index (χ1n) is 10.4. The zero-order valence-corrected chi connectivity index (χ0v) is 18.9. The highest BCUT2D eigenvalue weighted by Gasteiger charge is 2.21. The fourth-order valence-electron chi connectivity index (χ4n) is 3.72. The van der Waals surface area contributed by atoms with Crippen molar-refractivity contribution in [3.63, 3.8) is 0 Å². The molecule has 0 bridgehead atoms. The lowest BCUT2D eigenvalue weighted by Crippen LogP contribution is -2.32. The fraction of sp³-hybridized carbons (Fsp3) is 0.240. The minimum Gasteiger partial charge on any atom is -0.324 e. The van der Waals surface area contributed by atoms with Gasteiger partial charge in [-0.25, -0.2) is 4.98 Å². The van der Waals surface area contributed by atoms with Crippen molar-refractivity contribution >= 4 is 33.1 Å². The average molecular weight is 432 g/mol. The quantitative estimate of drug-likeness (QED) is 0.453. The van der Waals surface area contributed by atoms with Crippen LogP contribution in [0.3, 0.4) is 0 Å². The Morgan fingerprint density at radius 1 is 1.16 bits per heavy atom. The number of nitrogens with one attached hydrogen (secondary N) is 1. The van der Waals surface area contributed by atoms with E-state index < -0.39 is 6.04 Å². The van der Waals surface area contributed by atoms with Gasteiger partial charge in [0.15, 0.2) is 0 Å². The number of carbonyl (C=O) groups is 1. The Balaban J connectivity index is 1.72. The number of rotatable bonds is 5. The molecule has 2 aromatic carbocycles. The second kappa shape index (κ2) is 8.47. The molecule has 6 heteroatoms. The van der Waals surface area contributed by atoms with Crippen molar-refractivity contribution in [1.29, 1.82) is 0 Å². The van der Waals surface area contributed by atoms with E-state index in [1.807, 2.05) is 61.7 Å². The third-order valence-electron chi connectivity index (χ3n) is 5.67. The van der Waals surface area contributed by atoms with Crippen LogP contribution < -0.4 is 10.9 Å². The highest BCUT2D eigenvalue weighted by molar-refractivity contribution is 7.17. The van der Waals surface area contributed by atoms with E-state index >= 15 is 0 Å². The summed E-state index contributed by atoms with van der Waals surface area (Å²) in [7, 11) is 0. The lowest BCUT2D eigenvalue weighted by molar-refractivity contribution is -0.118. The Morgan fingerprint density at radius 3 is 2.61 bits per heavy atom. The molecule has 4 aromatic rings. The molecule has 0 spiro atoms. The van der Waals surface area contributed by atoms with Gasteiger partial charge in [-0.15, -0.1) is 11.3 Å². The van der Waals surface area contributed by atoms with Gasteiger partial charge >= 0.3 is 0 Å². The Labute approximate surface area is 185 Å².